The molecule has 0 aliphatic carbocycles. The van der Waals surface area contributed by atoms with E-state index in [4.69, 9.17) is 0 Å². The molecule has 1 amide bonds. The van der Waals surface area contributed by atoms with Crippen LogP contribution < -0.4 is 9.62 Å². The predicted molar refractivity (Wildman–Crippen MR) is 94.3 cm³/mol. The summed E-state index contributed by atoms with van der Waals surface area (Å²) in [5.41, 5.74) is 1.98. The van der Waals surface area contributed by atoms with Gasteiger partial charge in [-0.25, -0.2) is 8.42 Å². The molecule has 0 saturated carbocycles. The van der Waals surface area contributed by atoms with Gasteiger partial charge in [-0.1, -0.05) is 27.7 Å². The maximum atomic E-state index is 12.4. The Morgan fingerprint density at radius 1 is 1.30 bits per heavy atom. The molecule has 0 spiro atoms. The molecule has 1 aliphatic rings. The number of hydrogen-bond donors (Lipinski definition) is 1. The van der Waals surface area contributed by atoms with Crippen LogP contribution in [0.3, 0.4) is 0 Å². The smallest absolute Gasteiger partial charge is 0.235 e. The average molecular weight is 338 g/mol. The van der Waals surface area contributed by atoms with Gasteiger partial charge >= 0.3 is 0 Å². The monoisotopic (exact) mass is 338 g/mol. The molecule has 1 N–H and O–H groups in total. The number of rotatable bonds is 4. The predicted octanol–water partition coefficient (Wildman–Crippen LogP) is 3.16. The maximum Gasteiger partial charge on any atom is 0.235 e. The summed E-state index contributed by atoms with van der Waals surface area (Å²) in [5.74, 6) is 0.110. The molecule has 1 heterocycles. The van der Waals surface area contributed by atoms with Crippen molar-refractivity contribution in [2.24, 2.45) is 5.41 Å². The van der Waals surface area contributed by atoms with Gasteiger partial charge in [0.15, 0.2) is 0 Å². The first-order chi connectivity index (χ1) is 10.6. The Hall–Kier alpha value is -1.56. The molecule has 0 bridgehead atoms. The van der Waals surface area contributed by atoms with Gasteiger partial charge in [0.05, 0.1) is 11.4 Å². The van der Waals surface area contributed by atoms with Crippen LogP contribution >= 0.6 is 0 Å². The second-order valence-electron chi connectivity index (χ2n) is 7.04. The first-order valence-electron chi connectivity index (χ1n) is 8.10. The zero-order valence-electron chi connectivity index (χ0n) is 14.3. The number of nitrogens with zero attached hydrogens (tertiary/aromatic N) is 1. The molecule has 2 rings (SSSR count). The largest absolute Gasteiger partial charge is 0.326 e. The minimum atomic E-state index is -3.26. The van der Waals surface area contributed by atoms with Crippen LogP contribution in [-0.2, 0) is 21.2 Å². The molecule has 0 fully saturated rings. The van der Waals surface area contributed by atoms with Gasteiger partial charge in [0.25, 0.3) is 0 Å². The third-order valence-electron chi connectivity index (χ3n) is 3.89. The Labute approximate surface area is 139 Å². The standard InChI is InChI=1S/C17H26N2O3S/c1-5-11-23(21,22)19-10-6-7-13-12-14(8-9-15(13)19)18-16(20)17(2,3)4/h8-9,12H,5-7,10-11H2,1-4H3,(H,18,20). The lowest BCUT2D eigenvalue weighted by Gasteiger charge is -2.31. The number of carbonyl (C=O) groups is 1. The molecule has 1 aromatic rings. The highest BCUT2D eigenvalue weighted by atomic mass is 32.2. The van der Waals surface area contributed by atoms with Gasteiger partial charge in [0, 0.05) is 17.6 Å². The Kier molecular flexibility index (Phi) is 5.04. The van der Waals surface area contributed by atoms with Crippen LogP contribution in [0.25, 0.3) is 0 Å². The van der Waals surface area contributed by atoms with Crippen LogP contribution in [0.15, 0.2) is 18.2 Å². The molecule has 0 saturated heterocycles. The van der Waals surface area contributed by atoms with E-state index in [1.54, 1.807) is 12.1 Å². The van der Waals surface area contributed by atoms with E-state index in [1.165, 1.54) is 4.31 Å². The van der Waals surface area contributed by atoms with Gasteiger partial charge in [-0.15, -0.1) is 0 Å². The van der Waals surface area contributed by atoms with Gasteiger partial charge in [-0.05, 0) is 43.0 Å². The topological polar surface area (TPSA) is 66.5 Å². The molecule has 0 unspecified atom stereocenters. The highest BCUT2D eigenvalue weighted by molar-refractivity contribution is 7.92. The van der Waals surface area contributed by atoms with Crippen LogP contribution in [0.1, 0.15) is 46.1 Å². The van der Waals surface area contributed by atoms with Crippen LogP contribution in [0.4, 0.5) is 11.4 Å². The van der Waals surface area contributed by atoms with Gasteiger partial charge in [0.1, 0.15) is 0 Å². The number of amides is 1. The van der Waals surface area contributed by atoms with E-state index in [2.05, 4.69) is 5.32 Å². The number of aryl methyl sites for hydroxylation is 1. The fraction of sp³-hybridized carbons (Fsp3) is 0.588. The second-order valence-corrected chi connectivity index (χ2v) is 9.05. The Balaban J connectivity index is 2.29. The number of benzene rings is 1. The van der Waals surface area contributed by atoms with Crippen molar-refractivity contribution in [1.29, 1.82) is 0 Å². The molecule has 1 aliphatic heterocycles. The molecule has 0 radical (unpaired) electrons. The molecule has 5 nitrogen and oxygen atoms in total. The number of nitrogens with one attached hydrogen (secondary N) is 1. The summed E-state index contributed by atoms with van der Waals surface area (Å²) in [4.78, 5) is 12.1. The molecule has 0 aromatic heterocycles. The molecular formula is C17H26N2O3S. The number of hydrogen-bond acceptors (Lipinski definition) is 3. The van der Waals surface area contributed by atoms with Crippen LogP contribution in [0.5, 0.6) is 0 Å². The number of carbonyl (C=O) groups excluding carboxylic acids is 1. The normalized spacial score (nSPS) is 15.2. The van der Waals surface area contributed by atoms with E-state index in [0.29, 0.717) is 13.0 Å². The number of fused-ring (bicyclic) bond motifs is 1. The highest BCUT2D eigenvalue weighted by Crippen LogP contribution is 2.32. The first kappa shape index (κ1) is 17.8. The van der Waals surface area contributed by atoms with Crippen molar-refractivity contribution >= 4 is 27.3 Å². The SMILES string of the molecule is CCCS(=O)(=O)N1CCCc2cc(NC(=O)C(C)(C)C)ccc21. The Morgan fingerprint density at radius 2 is 2.00 bits per heavy atom. The van der Waals surface area contributed by atoms with Crippen LogP contribution in [0.2, 0.25) is 0 Å². The molecular weight excluding hydrogens is 312 g/mol. The lowest BCUT2D eigenvalue weighted by molar-refractivity contribution is -0.123. The molecule has 128 valence electrons. The fourth-order valence-corrected chi connectivity index (χ4v) is 4.24. The van der Waals surface area contributed by atoms with Crippen molar-refractivity contribution in [1.82, 2.24) is 0 Å². The van der Waals surface area contributed by atoms with E-state index < -0.39 is 15.4 Å². The summed E-state index contributed by atoms with van der Waals surface area (Å²) in [6.45, 7) is 7.98. The summed E-state index contributed by atoms with van der Waals surface area (Å²) >= 11 is 0. The lowest BCUT2D eigenvalue weighted by atomic mass is 9.95. The first-order valence-corrected chi connectivity index (χ1v) is 9.71. The van der Waals surface area contributed by atoms with Crippen molar-refractivity contribution in [3.05, 3.63) is 23.8 Å². The molecule has 23 heavy (non-hydrogen) atoms. The third kappa shape index (κ3) is 4.05. The number of sulfonamides is 1. The van der Waals surface area contributed by atoms with Gasteiger partial charge < -0.3 is 5.32 Å². The molecule has 0 atom stereocenters. The zero-order valence-corrected chi connectivity index (χ0v) is 15.2. The Morgan fingerprint density at radius 3 is 2.61 bits per heavy atom. The maximum absolute atomic E-state index is 12.4. The summed E-state index contributed by atoms with van der Waals surface area (Å²) in [6, 6.07) is 5.48. The third-order valence-corrected chi connectivity index (χ3v) is 5.87. The van der Waals surface area contributed by atoms with Crippen molar-refractivity contribution < 1.29 is 13.2 Å². The van der Waals surface area contributed by atoms with Gasteiger partial charge in [-0.2, -0.15) is 0 Å². The van der Waals surface area contributed by atoms with Crippen molar-refractivity contribution in [3.63, 3.8) is 0 Å². The van der Waals surface area contributed by atoms with E-state index in [1.807, 2.05) is 33.8 Å². The quantitative estimate of drug-likeness (QED) is 0.917. The molecule has 1 aromatic carbocycles. The van der Waals surface area contributed by atoms with E-state index >= 15 is 0 Å². The lowest BCUT2D eigenvalue weighted by Crippen LogP contribution is -2.37. The van der Waals surface area contributed by atoms with Gasteiger partial charge in [0.2, 0.25) is 15.9 Å². The number of anilines is 2. The summed E-state index contributed by atoms with van der Waals surface area (Å²) in [6.07, 6.45) is 2.23. The van der Waals surface area contributed by atoms with Crippen LogP contribution in [-0.4, -0.2) is 26.6 Å². The fourth-order valence-electron chi connectivity index (χ4n) is 2.62. The van der Waals surface area contributed by atoms with E-state index in [0.717, 1.165) is 29.8 Å². The van der Waals surface area contributed by atoms with Crippen LogP contribution in [0, 0.1) is 5.41 Å². The Bertz CT molecular complexity index is 690. The average Bonchev–Trinajstić information content (AvgIpc) is 2.45. The summed E-state index contributed by atoms with van der Waals surface area (Å²) in [7, 11) is -3.26. The van der Waals surface area contributed by atoms with Crippen molar-refractivity contribution in [2.75, 3.05) is 21.9 Å². The van der Waals surface area contributed by atoms with E-state index in [-0.39, 0.29) is 11.7 Å². The van der Waals surface area contributed by atoms with Gasteiger partial charge in [-0.3, -0.25) is 9.10 Å². The van der Waals surface area contributed by atoms with E-state index in [9.17, 15) is 13.2 Å². The second kappa shape index (κ2) is 6.51. The summed E-state index contributed by atoms with van der Waals surface area (Å²) < 4.78 is 26.3. The minimum Gasteiger partial charge on any atom is -0.326 e. The minimum absolute atomic E-state index is 0.0521. The van der Waals surface area contributed by atoms with Crippen molar-refractivity contribution in [3.8, 4) is 0 Å². The highest BCUT2D eigenvalue weighted by Gasteiger charge is 2.27. The summed E-state index contributed by atoms with van der Waals surface area (Å²) in [5, 5.41) is 2.90. The molecule has 6 heteroatoms. The zero-order chi connectivity index (χ0) is 17.3. The van der Waals surface area contributed by atoms with Crippen molar-refractivity contribution in [2.45, 2.75) is 47.0 Å².